The van der Waals surface area contributed by atoms with Crippen molar-refractivity contribution < 1.29 is 9.90 Å². The van der Waals surface area contributed by atoms with Crippen molar-refractivity contribution in [2.45, 2.75) is 11.9 Å². The van der Waals surface area contributed by atoms with Gasteiger partial charge in [-0.2, -0.15) is 0 Å². The fourth-order valence-electron chi connectivity index (χ4n) is 1.91. The summed E-state index contributed by atoms with van der Waals surface area (Å²) >= 11 is 5.71. The van der Waals surface area contributed by atoms with E-state index in [0.717, 1.165) is 11.1 Å². The normalized spacial score (nSPS) is 11.9. The number of aliphatic hydroxyl groups is 1. The summed E-state index contributed by atoms with van der Waals surface area (Å²) < 4.78 is 0. The average molecular weight is 290 g/mol. The Kier molecular flexibility index (Phi) is 5.16. The maximum Gasteiger partial charge on any atom is 0.251 e. The van der Waals surface area contributed by atoms with Gasteiger partial charge >= 0.3 is 0 Å². The molecule has 0 bridgehead atoms. The Labute approximate surface area is 123 Å². The zero-order chi connectivity index (χ0) is 14.4. The van der Waals surface area contributed by atoms with Gasteiger partial charge in [-0.15, -0.1) is 11.6 Å². The molecule has 20 heavy (non-hydrogen) atoms. The molecule has 2 rings (SSSR count). The molecule has 2 N–H and O–H groups in total. The predicted octanol–water partition coefficient (Wildman–Crippen LogP) is 2.89. The molecular formula is C16H16ClNO2. The lowest BCUT2D eigenvalue weighted by Crippen LogP contribution is -2.30. The second-order valence-electron chi connectivity index (χ2n) is 4.45. The summed E-state index contributed by atoms with van der Waals surface area (Å²) in [6, 6.07) is 16.1. The Balaban J connectivity index is 2.09. The Morgan fingerprint density at radius 1 is 1.10 bits per heavy atom. The highest BCUT2D eigenvalue weighted by molar-refractivity contribution is 6.17. The zero-order valence-electron chi connectivity index (χ0n) is 10.9. The van der Waals surface area contributed by atoms with Crippen molar-refractivity contribution in [1.82, 2.24) is 5.32 Å². The van der Waals surface area contributed by atoms with Gasteiger partial charge in [0.15, 0.2) is 0 Å². The van der Waals surface area contributed by atoms with Gasteiger partial charge in [0, 0.05) is 11.4 Å². The maximum atomic E-state index is 12.1. The van der Waals surface area contributed by atoms with E-state index in [1.165, 1.54) is 0 Å². The van der Waals surface area contributed by atoms with Crippen LogP contribution < -0.4 is 5.32 Å². The van der Waals surface area contributed by atoms with Gasteiger partial charge in [0.2, 0.25) is 0 Å². The smallest absolute Gasteiger partial charge is 0.251 e. The van der Waals surface area contributed by atoms with Gasteiger partial charge in [0.25, 0.3) is 5.91 Å². The summed E-state index contributed by atoms with van der Waals surface area (Å²) in [5, 5.41) is 12.2. The second kappa shape index (κ2) is 7.08. The molecule has 0 aliphatic heterocycles. The number of amides is 1. The SMILES string of the molecule is O=C(N[C@@H](CO)c1ccccc1)c1ccc(CCl)cc1. The minimum atomic E-state index is -0.406. The van der Waals surface area contributed by atoms with Crippen LogP contribution in [-0.4, -0.2) is 17.6 Å². The average Bonchev–Trinajstić information content (AvgIpc) is 2.53. The van der Waals surface area contributed by atoms with E-state index in [1.54, 1.807) is 12.1 Å². The standard InChI is InChI=1S/C16H16ClNO2/c17-10-12-6-8-14(9-7-12)16(20)18-15(11-19)13-4-2-1-3-5-13/h1-9,15,19H,10-11H2,(H,18,20)/t15-/m0/s1. The zero-order valence-corrected chi connectivity index (χ0v) is 11.7. The van der Waals surface area contributed by atoms with Crippen molar-refractivity contribution >= 4 is 17.5 Å². The number of benzene rings is 2. The highest BCUT2D eigenvalue weighted by Crippen LogP contribution is 2.13. The van der Waals surface area contributed by atoms with E-state index in [4.69, 9.17) is 11.6 Å². The number of nitrogens with one attached hydrogen (secondary N) is 1. The van der Waals surface area contributed by atoms with E-state index >= 15 is 0 Å². The third kappa shape index (κ3) is 3.59. The Morgan fingerprint density at radius 2 is 1.75 bits per heavy atom. The van der Waals surface area contributed by atoms with Crippen molar-refractivity contribution in [2.75, 3.05) is 6.61 Å². The third-order valence-corrected chi connectivity index (χ3v) is 3.37. The van der Waals surface area contributed by atoms with Crippen LogP contribution >= 0.6 is 11.6 Å². The Bertz CT molecular complexity index is 554. The van der Waals surface area contributed by atoms with Crippen LogP contribution in [0.2, 0.25) is 0 Å². The van der Waals surface area contributed by atoms with Gasteiger partial charge in [-0.05, 0) is 23.3 Å². The van der Waals surface area contributed by atoms with Gasteiger partial charge < -0.3 is 10.4 Å². The lowest BCUT2D eigenvalue weighted by Gasteiger charge is -2.16. The lowest BCUT2D eigenvalue weighted by molar-refractivity contribution is 0.0916. The number of hydrogen-bond donors (Lipinski definition) is 2. The molecule has 0 unspecified atom stereocenters. The molecule has 0 aliphatic rings. The van der Waals surface area contributed by atoms with Crippen LogP contribution in [0.3, 0.4) is 0 Å². The van der Waals surface area contributed by atoms with E-state index in [-0.39, 0.29) is 12.5 Å². The second-order valence-corrected chi connectivity index (χ2v) is 4.72. The van der Waals surface area contributed by atoms with E-state index in [1.807, 2.05) is 42.5 Å². The molecule has 1 atom stereocenters. The molecular weight excluding hydrogens is 274 g/mol. The molecule has 0 radical (unpaired) electrons. The Hall–Kier alpha value is -1.84. The molecule has 0 fully saturated rings. The van der Waals surface area contributed by atoms with Crippen LogP contribution in [0.25, 0.3) is 0 Å². The number of carbonyl (C=O) groups excluding carboxylic acids is 1. The first kappa shape index (κ1) is 14.6. The molecule has 104 valence electrons. The quantitative estimate of drug-likeness (QED) is 0.832. The van der Waals surface area contributed by atoms with E-state index < -0.39 is 6.04 Å². The van der Waals surface area contributed by atoms with E-state index in [9.17, 15) is 9.90 Å². The number of carbonyl (C=O) groups is 1. The minimum absolute atomic E-state index is 0.143. The van der Waals surface area contributed by atoms with Crippen molar-refractivity contribution in [3.8, 4) is 0 Å². The first-order valence-corrected chi connectivity index (χ1v) is 6.89. The van der Waals surface area contributed by atoms with Crippen LogP contribution in [-0.2, 0) is 5.88 Å². The summed E-state index contributed by atoms with van der Waals surface area (Å²) in [4.78, 5) is 12.1. The largest absolute Gasteiger partial charge is 0.394 e. The van der Waals surface area contributed by atoms with Crippen LogP contribution in [0.4, 0.5) is 0 Å². The van der Waals surface area contributed by atoms with Crippen LogP contribution in [0, 0.1) is 0 Å². The molecule has 0 saturated carbocycles. The fraction of sp³-hybridized carbons (Fsp3) is 0.188. The van der Waals surface area contributed by atoms with Crippen LogP contribution in [0.1, 0.15) is 27.5 Å². The minimum Gasteiger partial charge on any atom is -0.394 e. The summed E-state index contributed by atoms with van der Waals surface area (Å²) in [7, 11) is 0. The first-order chi connectivity index (χ1) is 9.74. The molecule has 0 saturated heterocycles. The van der Waals surface area contributed by atoms with Gasteiger partial charge in [0.05, 0.1) is 12.6 Å². The van der Waals surface area contributed by atoms with Gasteiger partial charge in [-0.1, -0.05) is 42.5 Å². The molecule has 2 aromatic carbocycles. The molecule has 0 heterocycles. The van der Waals surface area contributed by atoms with Crippen molar-refractivity contribution in [3.05, 3.63) is 71.3 Å². The number of aliphatic hydroxyl groups excluding tert-OH is 1. The van der Waals surface area contributed by atoms with E-state index in [2.05, 4.69) is 5.32 Å². The molecule has 3 nitrogen and oxygen atoms in total. The molecule has 0 spiro atoms. The van der Waals surface area contributed by atoms with E-state index in [0.29, 0.717) is 11.4 Å². The molecule has 2 aromatic rings. The van der Waals surface area contributed by atoms with Crippen molar-refractivity contribution in [3.63, 3.8) is 0 Å². The van der Waals surface area contributed by atoms with Crippen LogP contribution in [0.15, 0.2) is 54.6 Å². The summed E-state index contributed by atoms with van der Waals surface area (Å²) in [6.07, 6.45) is 0. The fourth-order valence-corrected chi connectivity index (χ4v) is 2.08. The maximum absolute atomic E-state index is 12.1. The van der Waals surface area contributed by atoms with Crippen LogP contribution in [0.5, 0.6) is 0 Å². The number of alkyl halides is 1. The summed E-state index contributed by atoms with van der Waals surface area (Å²) in [6.45, 7) is -0.143. The first-order valence-electron chi connectivity index (χ1n) is 6.36. The molecule has 4 heteroatoms. The predicted molar refractivity (Wildman–Crippen MR) is 79.7 cm³/mol. The number of rotatable bonds is 5. The third-order valence-electron chi connectivity index (χ3n) is 3.06. The molecule has 1 amide bonds. The Morgan fingerprint density at radius 3 is 2.30 bits per heavy atom. The van der Waals surface area contributed by atoms with Gasteiger partial charge in [-0.3, -0.25) is 4.79 Å². The topological polar surface area (TPSA) is 49.3 Å². The van der Waals surface area contributed by atoms with Gasteiger partial charge in [0.1, 0.15) is 0 Å². The number of halogens is 1. The monoisotopic (exact) mass is 289 g/mol. The lowest BCUT2D eigenvalue weighted by atomic mass is 10.1. The summed E-state index contributed by atoms with van der Waals surface area (Å²) in [5.41, 5.74) is 2.39. The molecule has 0 aliphatic carbocycles. The highest BCUT2D eigenvalue weighted by atomic mass is 35.5. The molecule has 0 aromatic heterocycles. The number of hydrogen-bond acceptors (Lipinski definition) is 2. The van der Waals surface area contributed by atoms with Crippen molar-refractivity contribution in [2.24, 2.45) is 0 Å². The summed E-state index contributed by atoms with van der Waals surface area (Å²) in [5.74, 6) is 0.208. The highest BCUT2D eigenvalue weighted by Gasteiger charge is 2.14. The van der Waals surface area contributed by atoms with Crippen molar-refractivity contribution in [1.29, 1.82) is 0 Å². The van der Waals surface area contributed by atoms with Gasteiger partial charge in [-0.25, -0.2) is 0 Å².